The highest BCUT2D eigenvalue weighted by molar-refractivity contribution is 7.07. The van der Waals surface area contributed by atoms with Crippen molar-refractivity contribution in [3.8, 4) is 0 Å². The van der Waals surface area contributed by atoms with Gasteiger partial charge in [-0.15, -0.1) is 0 Å². The molecule has 1 aliphatic rings. The normalized spacial score (nSPS) is 24.9. The van der Waals surface area contributed by atoms with Crippen molar-refractivity contribution in [3.05, 3.63) is 58.3 Å². The summed E-state index contributed by atoms with van der Waals surface area (Å²) in [6.07, 6.45) is 1.20. The number of hydrogen-bond acceptors (Lipinski definition) is 3. The molecule has 0 aliphatic carbocycles. The van der Waals surface area contributed by atoms with E-state index in [2.05, 4.69) is 71.2 Å². The van der Waals surface area contributed by atoms with E-state index in [0.717, 1.165) is 13.1 Å². The van der Waals surface area contributed by atoms with Gasteiger partial charge in [-0.05, 0) is 41.3 Å². The maximum atomic E-state index is 3.73. The summed E-state index contributed by atoms with van der Waals surface area (Å²) in [4.78, 5) is 2.68. The van der Waals surface area contributed by atoms with E-state index in [1.54, 1.807) is 11.3 Å². The van der Waals surface area contributed by atoms with Gasteiger partial charge in [0.2, 0.25) is 0 Å². The lowest BCUT2D eigenvalue weighted by molar-refractivity contribution is 0.0862. The minimum Gasteiger partial charge on any atom is -0.307 e. The molecule has 0 saturated carbocycles. The summed E-state index contributed by atoms with van der Waals surface area (Å²) in [6.45, 7) is 6.80. The monoisotopic (exact) mass is 300 g/mol. The summed E-state index contributed by atoms with van der Waals surface area (Å²) >= 11 is 1.80. The third-order valence-electron chi connectivity index (χ3n) is 4.66. The largest absolute Gasteiger partial charge is 0.307 e. The molecule has 1 N–H and O–H groups in total. The molecule has 1 aromatic carbocycles. The predicted octanol–water partition coefficient (Wildman–Crippen LogP) is 4.23. The number of piperazine rings is 1. The van der Waals surface area contributed by atoms with Gasteiger partial charge in [-0.1, -0.05) is 37.3 Å². The quantitative estimate of drug-likeness (QED) is 0.909. The highest BCUT2D eigenvalue weighted by Crippen LogP contribution is 2.30. The third-order valence-corrected chi connectivity index (χ3v) is 5.36. The molecule has 21 heavy (non-hydrogen) atoms. The third kappa shape index (κ3) is 3.20. The van der Waals surface area contributed by atoms with Crippen LogP contribution in [-0.4, -0.2) is 24.0 Å². The Morgan fingerprint density at radius 1 is 1.29 bits per heavy atom. The van der Waals surface area contributed by atoms with Crippen LogP contribution in [0.4, 0.5) is 0 Å². The fraction of sp³-hybridized carbons (Fsp3) is 0.444. The van der Waals surface area contributed by atoms with Crippen LogP contribution in [0.15, 0.2) is 47.2 Å². The van der Waals surface area contributed by atoms with E-state index in [1.807, 2.05) is 0 Å². The first-order chi connectivity index (χ1) is 10.3. The minimum absolute atomic E-state index is 0.440. The molecule has 1 fully saturated rings. The van der Waals surface area contributed by atoms with Gasteiger partial charge in [0.1, 0.15) is 0 Å². The molecule has 3 heteroatoms. The molecule has 2 heterocycles. The number of rotatable bonds is 4. The van der Waals surface area contributed by atoms with Crippen molar-refractivity contribution in [3.63, 3.8) is 0 Å². The molecule has 0 bridgehead atoms. The van der Waals surface area contributed by atoms with Crippen molar-refractivity contribution in [1.29, 1.82) is 0 Å². The fourth-order valence-corrected chi connectivity index (χ4v) is 4.03. The van der Waals surface area contributed by atoms with E-state index in [9.17, 15) is 0 Å². The van der Waals surface area contributed by atoms with Gasteiger partial charge in [-0.25, -0.2) is 0 Å². The predicted molar refractivity (Wildman–Crippen MR) is 90.7 cm³/mol. The second-order valence-electron chi connectivity index (χ2n) is 5.86. The van der Waals surface area contributed by atoms with Gasteiger partial charge in [0.25, 0.3) is 0 Å². The highest BCUT2D eigenvalue weighted by Gasteiger charge is 2.31. The maximum Gasteiger partial charge on any atom is 0.0450 e. The van der Waals surface area contributed by atoms with Crippen LogP contribution in [0, 0.1) is 0 Å². The molecule has 112 valence electrons. The van der Waals surface area contributed by atoms with Crippen LogP contribution in [-0.2, 0) is 0 Å². The lowest BCUT2D eigenvalue weighted by atomic mass is 9.97. The standard InChI is InChI=1S/C18H24N2S/c1-3-17-11-19-18(15-7-5-4-6-8-15)12-20(17)14(2)16-9-10-21-13-16/h4-10,13-14,17-19H,3,11-12H2,1-2H3. The summed E-state index contributed by atoms with van der Waals surface area (Å²) in [7, 11) is 0. The van der Waals surface area contributed by atoms with Crippen LogP contribution < -0.4 is 5.32 Å². The van der Waals surface area contributed by atoms with Crippen LogP contribution in [0.3, 0.4) is 0 Å². The van der Waals surface area contributed by atoms with Crippen molar-refractivity contribution in [2.45, 2.75) is 38.4 Å². The molecule has 1 aromatic heterocycles. The summed E-state index contributed by atoms with van der Waals surface area (Å²) < 4.78 is 0. The zero-order valence-electron chi connectivity index (χ0n) is 12.8. The Hall–Kier alpha value is -1.16. The number of nitrogens with zero attached hydrogens (tertiary/aromatic N) is 1. The topological polar surface area (TPSA) is 15.3 Å². The van der Waals surface area contributed by atoms with Gasteiger partial charge in [0, 0.05) is 31.2 Å². The van der Waals surface area contributed by atoms with Crippen molar-refractivity contribution in [2.75, 3.05) is 13.1 Å². The number of nitrogens with one attached hydrogen (secondary N) is 1. The van der Waals surface area contributed by atoms with Crippen LogP contribution in [0.1, 0.15) is 43.5 Å². The first kappa shape index (κ1) is 14.8. The highest BCUT2D eigenvalue weighted by atomic mass is 32.1. The van der Waals surface area contributed by atoms with E-state index in [0.29, 0.717) is 18.1 Å². The number of hydrogen-bond donors (Lipinski definition) is 1. The summed E-state index contributed by atoms with van der Waals surface area (Å²) in [6, 6.07) is 14.7. The molecule has 0 radical (unpaired) electrons. The van der Waals surface area contributed by atoms with Gasteiger partial charge in [-0.3, -0.25) is 4.90 Å². The van der Waals surface area contributed by atoms with Crippen molar-refractivity contribution < 1.29 is 0 Å². The molecular formula is C18H24N2S. The number of benzene rings is 1. The summed E-state index contributed by atoms with van der Waals surface area (Å²) in [5.74, 6) is 0. The molecule has 2 nitrogen and oxygen atoms in total. The van der Waals surface area contributed by atoms with Gasteiger partial charge >= 0.3 is 0 Å². The SMILES string of the molecule is CCC1CNC(c2ccccc2)CN1C(C)c1ccsc1. The Morgan fingerprint density at radius 2 is 2.10 bits per heavy atom. The van der Waals surface area contributed by atoms with Crippen LogP contribution >= 0.6 is 11.3 Å². The van der Waals surface area contributed by atoms with Gasteiger partial charge in [0.05, 0.1) is 0 Å². The van der Waals surface area contributed by atoms with E-state index >= 15 is 0 Å². The van der Waals surface area contributed by atoms with E-state index in [1.165, 1.54) is 17.5 Å². The van der Waals surface area contributed by atoms with Gasteiger partial charge in [-0.2, -0.15) is 11.3 Å². The van der Waals surface area contributed by atoms with Gasteiger partial charge < -0.3 is 5.32 Å². The van der Waals surface area contributed by atoms with Crippen molar-refractivity contribution >= 4 is 11.3 Å². The van der Waals surface area contributed by atoms with Crippen LogP contribution in [0.5, 0.6) is 0 Å². The zero-order chi connectivity index (χ0) is 14.7. The lowest BCUT2D eigenvalue weighted by Crippen LogP contribution is -2.53. The Morgan fingerprint density at radius 3 is 2.76 bits per heavy atom. The fourth-order valence-electron chi connectivity index (χ4n) is 3.29. The van der Waals surface area contributed by atoms with E-state index < -0.39 is 0 Å². The first-order valence-corrected chi connectivity index (χ1v) is 8.80. The molecule has 1 aliphatic heterocycles. The molecule has 0 amide bonds. The molecule has 3 rings (SSSR count). The van der Waals surface area contributed by atoms with Gasteiger partial charge in [0.15, 0.2) is 0 Å². The van der Waals surface area contributed by atoms with Crippen LogP contribution in [0.25, 0.3) is 0 Å². The molecule has 2 aromatic rings. The van der Waals surface area contributed by atoms with E-state index in [4.69, 9.17) is 0 Å². The average Bonchev–Trinajstić information content (AvgIpc) is 3.09. The number of thiophene rings is 1. The lowest BCUT2D eigenvalue weighted by Gasteiger charge is -2.43. The second-order valence-corrected chi connectivity index (χ2v) is 6.64. The Bertz CT molecular complexity index is 538. The summed E-state index contributed by atoms with van der Waals surface area (Å²) in [5, 5.41) is 8.20. The smallest absolute Gasteiger partial charge is 0.0450 e. The molecule has 1 saturated heterocycles. The molecule has 0 spiro atoms. The molecular weight excluding hydrogens is 276 g/mol. The summed E-state index contributed by atoms with van der Waals surface area (Å²) in [5.41, 5.74) is 2.85. The first-order valence-electron chi connectivity index (χ1n) is 7.85. The Labute approximate surface area is 131 Å². The maximum absolute atomic E-state index is 3.73. The Kier molecular flexibility index (Phi) is 4.73. The average molecular weight is 300 g/mol. The van der Waals surface area contributed by atoms with Crippen LogP contribution in [0.2, 0.25) is 0 Å². The molecule has 3 unspecified atom stereocenters. The van der Waals surface area contributed by atoms with E-state index in [-0.39, 0.29) is 0 Å². The van der Waals surface area contributed by atoms with Crippen molar-refractivity contribution in [2.24, 2.45) is 0 Å². The molecule has 3 atom stereocenters. The van der Waals surface area contributed by atoms with Crippen molar-refractivity contribution in [1.82, 2.24) is 10.2 Å². The minimum atomic E-state index is 0.440. The second kappa shape index (κ2) is 6.73. The zero-order valence-corrected chi connectivity index (χ0v) is 13.6. The Balaban J connectivity index is 1.79.